The Morgan fingerprint density at radius 1 is 1.15 bits per heavy atom. The fraction of sp³-hybridized carbons (Fsp3) is 0.381. The van der Waals surface area contributed by atoms with E-state index < -0.39 is 5.97 Å². The van der Waals surface area contributed by atoms with E-state index in [0.717, 1.165) is 12.8 Å². The number of nitrogen functional groups attached to an aromatic ring is 1. The maximum Gasteiger partial charge on any atom is 0.341 e. The predicted octanol–water partition coefficient (Wildman–Crippen LogP) is 3.39. The number of hydrogen-bond donors (Lipinski definition) is 1. The highest BCUT2D eigenvalue weighted by atomic mass is 16.5. The molecule has 2 rings (SSSR count). The number of anilines is 1. The molecule has 2 aromatic rings. The second-order valence-electron chi connectivity index (χ2n) is 6.51. The van der Waals surface area contributed by atoms with Gasteiger partial charge in [-0.1, -0.05) is 37.3 Å². The molecule has 0 radical (unpaired) electrons. The van der Waals surface area contributed by atoms with Crippen molar-refractivity contribution in [3.8, 4) is 5.75 Å². The van der Waals surface area contributed by atoms with E-state index >= 15 is 0 Å². The molecular formula is C21H28N2O3. The van der Waals surface area contributed by atoms with Gasteiger partial charge in [-0.25, -0.2) is 4.79 Å². The maximum atomic E-state index is 12.6. The minimum absolute atomic E-state index is 0.0927. The summed E-state index contributed by atoms with van der Waals surface area (Å²) in [5.74, 6) is 0.0809. The third-order valence-corrected chi connectivity index (χ3v) is 4.14. The number of esters is 1. The lowest BCUT2D eigenvalue weighted by molar-refractivity contribution is 0.0396. The first kappa shape index (κ1) is 19.8. The first-order chi connectivity index (χ1) is 12.5. The molecule has 0 saturated heterocycles. The van der Waals surface area contributed by atoms with Crippen LogP contribution in [0.3, 0.4) is 0 Å². The fourth-order valence-corrected chi connectivity index (χ4v) is 2.57. The van der Waals surface area contributed by atoms with E-state index in [1.807, 2.05) is 39.2 Å². The lowest BCUT2D eigenvalue weighted by Crippen LogP contribution is -2.35. The van der Waals surface area contributed by atoms with Crippen LogP contribution in [0.5, 0.6) is 5.75 Å². The van der Waals surface area contributed by atoms with Gasteiger partial charge in [0.1, 0.15) is 17.9 Å². The van der Waals surface area contributed by atoms with Crippen molar-refractivity contribution in [2.75, 3.05) is 33.0 Å². The molecule has 5 nitrogen and oxygen atoms in total. The number of nitrogens with zero attached hydrogens (tertiary/aromatic N) is 1. The van der Waals surface area contributed by atoms with Crippen LogP contribution >= 0.6 is 0 Å². The molecule has 1 atom stereocenters. The van der Waals surface area contributed by atoms with Gasteiger partial charge in [-0.3, -0.25) is 0 Å². The molecule has 5 heteroatoms. The topological polar surface area (TPSA) is 64.8 Å². The molecule has 0 unspecified atom stereocenters. The molecule has 0 amide bonds. The summed E-state index contributed by atoms with van der Waals surface area (Å²) in [6.45, 7) is 2.84. The van der Waals surface area contributed by atoms with Gasteiger partial charge in [0.15, 0.2) is 0 Å². The van der Waals surface area contributed by atoms with Crippen molar-refractivity contribution in [2.24, 2.45) is 0 Å². The molecule has 0 saturated carbocycles. The Morgan fingerprint density at radius 3 is 2.54 bits per heavy atom. The summed E-state index contributed by atoms with van der Waals surface area (Å²) >= 11 is 0. The molecule has 2 aromatic carbocycles. The lowest BCUT2D eigenvalue weighted by Gasteiger charge is -2.24. The Hall–Kier alpha value is -2.53. The number of likely N-dealkylation sites (N-methyl/N-ethyl adjacent to an activating group) is 1. The van der Waals surface area contributed by atoms with Gasteiger partial charge in [0.05, 0.1) is 6.61 Å². The highest BCUT2D eigenvalue weighted by molar-refractivity contribution is 5.93. The molecule has 2 N–H and O–H groups in total. The van der Waals surface area contributed by atoms with Crippen LogP contribution in [0.4, 0.5) is 5.69 Å². The first-order valence-electron chi connectivity index (χ1n) is 8.91. The van der Waals surface area contributed by atoms with Crippen LogP contribution in [0.2, 0.25) is 0 Å². The van der Waals surface area contributed by atoms with E-state index in [2.05, 4.69) is 17.0 Å². The molecule has 0 aliphatic heterocycles. The zero-order valence-electron chi connectivity index (χ0n) is 15.8. The molecule has 0 aromatic heterocycles. The largest absolute Gasteiger partial charge is 0.493 e. The van der Waals surface area contributed by atoms with Crippen LogP contribution in [0, 0.1) is 0 Å². The number of hydrogen-bond acceptors (Lipinski definition) is 5. The van der Waals surface area contributed by atoms with E-state index in [-0.39, 0.29) is 6.04 Å². The molecule has 0 aliphatic rings. The van der Waals surface area contributed by atoms with Gasteiger partial charge in [-0.15, -0.1) is 0 Å². The van der Waals surface area contributed by atoms with Gasteiger partial charge >= 0.3 is 5.97 Å². The Labute approximate surface area is 155 Å². The summed E-state index contributed by atoms with van der Waals surface area (Å²) in [4.78, 5) is 14.6. The van der Waals surface area contributed by atoms with Gasteiger partial charge in [-0.05, 0) is 44.6 Å². The highest BCUT2D eigenvalue weighted by Crippen LogP contribution is 2.23. The van der Waals surface area contributed by atoms with E-state index in [1.165, 1.54) is 5.56 Å². The van der Waals surface area contributed by atoms with E-state index in [0.29, 0.717) is 30.2 Å². The monoisotopic (exact) mass is 356 g/mol. The molecule has 0 bridgehead atoms. The molecule has 0 heterocycles. The second kappa shape index (κ2) is 9.82. The van der Waals surface area contributed by atoms with Crippen LogP contribution < -0.4 is 10.5 Å². The van der Waals surface area contributed by atoms with E-state index in [1.54, 1.807) is 18.2 Å². The molecule has 0 aliphatic carbocycles. The average Bonchev–Trinajstić information content (AvgIpc) is 2.63. The van der Waals surface area contributed by atoms with Crippen molar-refractivity contribution < 1.29 is 14.3 Å². The SMILES string of the molecule is CCCOc1cc(N)ccc1C(=O)OC[C@H](Cc1ccccc1)N(C)C. The third-order valence-electron chi connectivity index (χ3n) is 4.14. The predicted molar refractivity (Wildman–Crippen MR) is 105 cm³/mol. The van der Waals surface area contributed by atoms with Crippen molar-refractivity contribution >= 4 is 11.7 Å². The van der Waals surface area contributed by atoms with Gasteiger partial charge in [0.2, 0.25) is 0 Å². The summed E-state index contributed by atoms with van der Waals surface area (Å²) in [7, 11) is 3.97. The molecule has 26 heavy (non-hydrogen) atoms. The van der Waals surface area contributed by atoms with Crippen LogP contribution in [0.25, 0.3) is 0 Å². The Balaban J connectivity index is 2.03. The number of ether oxygens (including phenoxy) is 2. The number of nitrogens with two attached hydrogens (primary N) is 1. The summed E-state index contributed by atoms with van der Waals surface area (Å²) in [5.41, 5.74) is 7.98. The molecule has 0 fully saturated rings. The molecule has 0 spiro atoms. The Bertz CT molecular complexity index is 702. The number of rotatable bonds is 9. The molecule has 140 valence electrons. The van der Waals surface area contributed by atoms with E-state index in [4.69, 9.17) is 15.2 Å². The molecular weight excluding hydrogens is 328 g/mol. The number of benzene rings is 2. The normalized spacial score (nSPS) is 12.0. The van der Waals surface area contributed by atoms with Gasteiger partial charge in [0, 0.05) is 17.8 Å². The van der Waals surface area contributed by atoms with Crippen molar-refractivity contribution in [2.45, 2.75) is 25.8 Å². The Kier molecular flexibility index (Phi) is 7.48. The van der Waals surface area contributed by atoms with Gasteiger partial charge < -0.3 is 20.1 Å². The van der Waals surface area contributed by atoms with Crippen LogP contribution in [0.15, 0.2) is 48.5 Å². The smallest absolute Gasteiger partial charge is 0.341 e. The van der Waals surface area contributed by atoms with E-state index in [9.17, 15) is 4.79 Å². The quantitative estimate of drug-likeness (QED) is 0.551. The van der Waals surface area contributed by atoms with Crippen molar-refractivity contribution in [1.29, 1.82) is 0 Å². The maximum absolute atomic E-state index is 12.6. The lowest BCUT2D eigenvalue weighted by atomic mass is 10.1. The zero-order valence-corrected chi connectivity index (χ0v) is 15.8. The van der Waals surface area contributed by atoms with Crippen LogP contribution in [-0.4, -0.2) is 44.2 Å². The minimum atomic E-state index is -0.393. The third kappa shape index (κ3) is 5.77. The Morgan fingerprint density at radius 2 is 1.88 bits per heavy atom. The standard InChI is InChI=1S/C21H28N2O3/c1-4-12-25-20-14-17(22)10-11-19(20)21(24)26-15-18(23(2)3)13-16-8-6-5-7-9-16/h5-11,14,18H,4,12-13,15,22H2,1-3H3/t18-/m0/s1. The van der Waals surface area contributed by atoms with Gasteiger partial charge in [0.25, 0.3) is 0 Å². The number of carbonyl (C=O) groups excluding carboxylic acids is 1. The minimum Gasteiger partial charge on any atom is -0.493 e. The zero-order chi connectivity index (χ0) is 18.9. The summed E-state index contributed by atoms with van der Waals surface area (Å²) in [6.07, 6.45) is 1.66. The summed E-state index contributed by atoms with van der Waals surface area (Å²) in [6, 6.07) is 15.3. The van der Waals surface area contributed by atoms with Crippen molar-refractivity contribution in [3.05, 3.63) is 59.7 Å². The second-order valence-corrected chi connectivity index (χ2v) is 6.51. The van der Waals surface area contributed by atoms with Crippen molar-refractivity contribution in [3.63, 3.8) is 0 Å². The van der Waals surface area contributed by atoms with Crippen molar-refractivity contribution in [1.82, 2.24) is 4.90 Å². The van der Waals surface area contributed by atoms with Crippen LogP contribution in [-0.2, 0) is 11.2 Å². The summed E-state index contributed by atoms with van der Waals surface area (Å²) < 4.78 is 11.2. The highest BCUT2D eigenvalue weighted by Gasteiger charge is 2.19. The first-order valence-corrected chi connectivity index (χ1v) is 8.91. The average molecular weight is 356 g/mol. The van der Waals surface area contributed by atoms with Gasteiger partial charge in [-0.2, -0.15) is 0 Å². The van der Waals surface area contributed by atoms with Crippen LogP contribution in [0.1, 0.15) is 29.3 Å². The fourth-order valence-electron chi connectivity index (χ4n) is 2.57. The summed E-state index contributed by atoms with van der Waals surface area (Å²) in [5, 5.41) is 0. The number of carbonyl (C=O) groups is 1.